The first-order valence-corrected chi connectivity index (χ1v) is 8.73. The number of aliphatic hydroxyl groups excluding tert-OH is 1. The highest BCUT2D eigenvalue weighted by molar-refractivity contribution is 5.94. The second-order valence-corrected chi connectivity index (χ2v) is 7.74. The number of piperidine rings is 1. The Bertz CT molecular complexity index is 668. The summed E-state index contributed by atoms with van der Waals surface area (Å²) in [6.07, 6.45) is 2.37. The van der Waals surface area contributed by atoms with Gasteiger partial charge in [-0.25, -0.2) is 4.39 Å². The Morgan fingerprint density at radius 1 is 1.20 bits per heavy atom. The zero-order valence-corrected chi connectivity index (χ0v) is 14.8. The lowest BCUT2D eigenvalue weighted by Gasteiger charge is -2.39. The molecule has 1 spiro atoms. The van der Waals surface area contributed by atoms with Crippen LogP contribution in [0.5, 0.6) is 0 Å². The van der Waals surface area contributed by atoms with E-state index >= 15 is 0 Å². The third-order valence-electron chi connectivity index (χ3n) is 5.82. The lowest BCUT2D eigenvalue weighted by Crippen LogP contribution is -2.46. The van der Waals surface area contributed by atoms with Crippen LogP contribution < -0.4 is 0 Å². The van der Waals surface area contributed by atoms with Gasteiger partial charge in [-0.1, -0.05) is 0 Å². The van der Waals surface area contributed by atoms with Gasteiger partial charge >= 0.3 is 0 Å². The van der Waals surface area contributed by atoms with Gasteiger partial charge in [0.15, 0.2) is 0 Å². The highest BCUT2D eigenvalue weighted by Gasteiger charge is 2.52. The predicted molar refractivity (Wildman–Crippen MR) is 91.5 cm³/mol. The van der Waals surface area contributed by atoms with Crippen molar-refractivity contribution in [3.63, 3.8) is 0 Å². The van der Waals surface area contributed by atoms with Gasteiger partial charge in [0.05, 0.1) is 12.1 Å². The second kappa shape index (κ2) is 6.41. The average molecular weight is 348 g/mol. The van der Waals surface area contributed by atoms with Crippen LogP contribution in [-0.4, -0.2) is 58.5 Å². The summed E-state index contributed by atoms with van der Waals surface area (Å²) in [7, 11) is 0. The molecule has 25 heavy (non-hydrogen) atoms. The van der Waals surface area contributed by atoms with E-state index in [1.165, 1.54) is 24.3 Å². The number of rotatable bonds is 2. The Balaban J connectivity index is 1.68. The van der Waals surface area contributed by atoms with Crippen molar-refractivity contribution in [3.8, 4) is 0 Å². The van der Waals surface area contributed by atoms with Crippen molar-refractivity contribution in [2.75, 3.05) is 26.2 Å². The molecule has 1 aromatic carbocycles. The average Bonchev–Trinajstić information content (AvgIpc) is 2.89. The highest BCUT2D eigenvalue weighted by atomic mass is 19.1. The van der Waals surface area contributed by atoms with E-state index in [4.69, 9.17) is 0 Å². The van der Waals surface area contributed by atoms with Gasteiger partial charge in [-0.15, -0.1) is 0 Å². The molecule has 2 saturated heterocycles. The Hall–Kier alpha value is -1.95. The molecular formula is C19H25FN2O3. The SMILES string of the molecule is CC(=O)N1CC2(CCN(C(=O)c3ccc(F)cc3)CC2)C[C@@]1(C)CO. The van der Waals surface area contributed by atoms with Crippen molar-refractivity contribution in [2.45, 2.75) is 38.6 Å². The molecule has 0 bridgehead atoms. The number of amides is 2. The normalized spacial score (nSPS) is 25.4. The number of halogens is 1. The molecule has 1 N–H and O–H groups in total. The highest BCUT2D eigenvalue weighted by Crippen LogP contribution is 2.48. The van der Waals surface area contributed by atoms with Crippen molar-refractivity contribution in [3.05, 3.63) is 35.6 Å². The molecule has 1 atom stereocenters. The number of likely N-dealkylation sites (tertiary alicyclic amines) is 2. The van der Waals surface area contributed by atoms with Crippen LogP contribution >= 0.6 is 0 Å². The van der Waals surface area contributed by atoms with Gasteiger partial charge in [-0.2, -0.15) is 0 Å². The Morgan fingerprint density at radius 3 is 2.28 bits per heavy atom. The third kappa shape index (κ3) is 3.27. The maximum Gasteiger partial charge on any atom is 0.253 e. The van der Waals surface area contributed by atoms with E-state index < -0.39 is 5.54 Å². The fourth-order valence-corrected chi connectivity index (χ4v) is 4.41. The molecule has 136 valence electrons. The van der Waals surface area contributed by atoms with Crippen LogP contribution in [0.1, 0.15) is 43.5 Å². The first-order chi connectivity index (χ1) is 11.8. The van der Waals surface area contributed by atoms with E-state index in [0.29, 0.717) is 25.2 Å². The van der Waals surface area contributed by atoms with E-state index in [0.717, 1.165) is 19.3 Å². The van der Waals surface area contributed by atoms with Crippen LogP contribution in [0.3, 0.4) is 0 Å². The van der Waals surface area contributed by atoms with E-state index in [1.807, 2.05) is 6.92 Å². The van der Waals surface area contributed by atoms with Crippen molar-refractivity contribution >= 4 is 11.8 Å². The van der Waals surface area contributed by atoms with Crippen LogP contribution in [0.2, 0.25) is 0 Å². The van der Waals surface area contributed by atoms with Gasteiger partial charge in [0, 0.05) is 32.1 Å². The van der Waals surface area contributed by atoms with Crippen molar-refractivity contribution in [1.29, 1.82) is 0 Å². The summed E-state index contributed by atoms with van der Waals surface area (Å²) in [5.41, 5.74) is -0.0631. The van der Waals surface area contributed by atoms with Gasteiger partial charge in [0.2, 0.25) is 5.91 Å². The van der Waals surface area contributed by atoms with Crippen LogP contribution in [-0.2, 0) is 4.79 Å². The molecule has 2 heterocycles. The third-order valence-corrected chi connectivity index (χ3v) is 5.82. The summed E-state index contributed by atoms with van der Waals surface area (Å²) >= 11 is 0. The van der Waals surface area contributed by atoms with E-state index in [-0.39, 0.29) is 29.7 Å². The zero-order chi connectivity index (χ0) is 18.2. The largest absolute Gasteiger partial charge is 0.394 e. The van der Waals surface area contributed by atoms with Crippen LogP contribution in [0, 0.1) is 11.2 Å². The van der Waals surface area contributed by atoms with E-state index in [1.54, 1.807) is 16.7 Å². The molecule has 2 fully saturated rings. The lowest BCUT2D eigenvalue weighted by atomic mass is 9.74. The molecule has 2 amide bonds. The second-order valence-electron chi connectivity index (χ2n) is 7.74. The summed E-state index contributed by atoms with van der Waals surface area (Å²) < 4.78 is 13.0. The number of nitrogens with zero attached hydrogens (tertiary/aromatic N) is 2. The van der Waals surface area contributed by atoms with Gasteiger partial charge in [-0.05, 0) is 55.9 Å². The number of hydrogen-bond donors (Lipinski definition) is 1. The van der Waals surface area contributed by atoms with Gasteiger partial charge in [-0.3, -0.25) is 9.59 Å². The molecule has 1 aromatic rings. The molecule has 0 aromatic heterocycles. The first-order valence-electron chi connectivity index (χ1n) is 8.73. The fourth-order valence-electron chi connectivity index (χ4n) is 4.41. The molecule has 5 nitrogen and oxygen atoms in total. The minimum absolute atomic E-state index is 0.0155. The monoisotopic (exact) mass is 348 g/mol. The minimum atomic E-state index is -0.519. The topological polar surface area (TPSA) is 60.9 Å². The molecule has 6 heteroatoms. The van der Waals surface area contributed by atoms with Crippen LogP contribution in [0.25, 0.3) is 0 Å². The van der Waals surface area contributed by atoms with Crippen molar-refractivity contribution < 1.29 is 19.1 Å². The molecule has 2 aliphatic heterocycles. The van der Waals surface area contributed by atoms with Gasteiger partial charge < -0.3 is 14.9 Å². The zero-order valence-electron chi connectivity index (χ0n) is 14.8. The van der Waals surface area contributed by atoms with Crippen molar-refractivity contribution in [2.24, 2.45) is 5.41 Å². The molecule has 0 unspecified atom stereocenters. The van der Waals surface area contributed by atoms with Gasteiger partial charge in [0.1, 0.15) is 5.82 Å². The first kappa shape index (κ1) is 17.9. The lowest BCUT2D eigenvalue weighted by molar-refractivity contribution is -0.134. The predicted octanol–water partition coefficient (Wildman–Crippen LogP) is 2.05. The van der Waals surface area contributed by atoms with Crippen LogP contribution in [0.15, 0.2) is 24.3 Å². The summed E-state index contributed by atoms with van der Waals surface area (Å²) in [4.78, 5) is 28.1. The summed E-state index contributed by atoms with van der Waals surface area (Å²) in [5, 5.41) is 9.78. The number of aliphatic hydroxyl groups is 1. The maximum atomic E-state index is 13.0. The number of carbonyl (C=O) groups is 2. The van der Waals surface area contributed by atoms with E-state index in [2.05, 4.69) is 0 Å². The number of benzene rings is 1. The molecule has 0 saturated carbocycles. The van der Waals surface area contributed by atoms with Gasteiger partial charge in [0.25, 0.3) is 5.91 Å². The van der Waals surface area contributed by atoms with Crippen molar-refractivity contribution in [1.82, 2.24) is 9.80 Å². The number of hydrogen-bond acceptors (Lipinski definition) is 3. The molecular weight excluding hydrogens is 323 g/mol. The summed E-state index contributed by atoms with van der Waals surface area (Å²) in [6.45, 7) is 5.29. The van der Waals surface area contributed by atoms with Crippen LogP contribution in [0.4, 0.5) is 4.39 Å². The van der Waals surface area contributed by atoms with E-state index in [9.17, 15) is 19.1 Å². The molecule has 2 aliphatic rings. The summed E-state index contributed by atoms with van der Waals surface area (Å²) in [5.74, 6) is -0.452. The summed E-state index contributed by atoms with van der Waals surface area (Å²) in [6, 6.07) is 5.62. The molecule has 0 radical (unpaired) electrons. The smallest absolute Gasteiger partial charge is 0.253 e. The fraction of sp³-hybridized carbons (Fsp3) is 0.579. The molecule has 0 aliphatic carbocycles. The number of carbonyl (C=O) groups excluding carboxylic acids is 2. The maximum absolute atomic E-state index is 13.0. The standard InChI is InChI=1S/C19H25FN2O3/c1-14(24)22-12-19(11-18(22,2)13-23)7-9-21(10-8-19)17(25)15-3-5-16(20)6-4-15/h3-6,23H,7-13H2,1-2H3/t18-/m0/s1. The Labute approximate surface area is 147 Å². The Morgan fingerprint density at radius 2 is 1.80 bits per heavy atom. The minimum Gasteiger partial charge on any atom is -0.394 e. The quantitative estimate of drug-likeness (QED) is 0.890. The Kier molecular flexibility index (Phi) is 4.58. The molecule has 3 rings (SSSR count).